The van der Waals surface area contributed by atoms with Gasteiger partial charge in [-0.15, -0.1) is 0 Å². The zero-order valence-corrected chi connectivity index (χ0v) is 18.6. The van der Waals surface area contributed by atoms with Crippen molar-refractivity contribution in [3.05, 3.63) is 35.9 Å². The molecule has 0 aliphatic carbocycles. The van der Waals surface area contributed by atoms with E-state index in [0.717, 1.165) is 6.92 Å². The van der Waals surface area contributed by atoms with Gasteiger partial charge in [-0.05, 0) is 12.5 Å². The van der Waals surface area contributed by atoms with Crippen LogP contribution in [0.3, 0.4) is 0 Å². The van der Waals surface area contributed by atoms with Crippen LogP contribution in [0.25, 0.3) is 0 Å². The Labute approximate surface area is 161 Å². The number of benzene rings is 1. The molecule has 0 aliphatic rings. The molecule has 1 aromatic carbocycles. The van der Waals surface area contributed by atoms with Crippen LogP contribution in [0.2, 0.25) is 0 Å². The molecule has 0 unspecified atom stereocenters. The lowest BCUT2D eigenvalue weighted by atomic mass is 10.0. The van der Waals surface area contributed by atoms with Crippen molar-refractivity contribution in [2.24, 2.45) is 0 Å². The number of nitrogens with zero attached hydrogens (tertiary/aromatic N) is 2. The van der Waals surface area contributed by atoms with E-state index in [1.807, 2.05) is 0 Å². The first-order valence-electron chi connectivity index (χ1n) is 7.32. The average Bonchev–Trinajstić information content (AvgIpc) is 2.39. The zero-order chi connectivity index (χ0) is 21.4. The van der Waals surface area contributed by atoms with E-state index in [9.17, 15) is 33.7 Å². The van der Waals surface area contributed by atoms with Gasteiger partial charge in [0.05, 0.1) is 37.1 Å². The van der Waals surface area contributed by atoms with Crippen molar-refractivity contribution in [3.8, 4) is 0 Å². The van der Waals surface area contributed by atoms with E-state index in [-0.39, 0.29) is 13.0 Å². The second-order valence-electron chi connectivity index (χ2n) is 6.10. The van der Waals surface area contributed by atoms with Crippen LogP contribution in [0.1, 0.15) is 18.5 Å². The summed E-state index contributed by atoms with van der Waals surface area (Å²) < 4.78 is 97.7. The first-order chi connectivity index (χ1) is 11.9. The van der Waals surface area contributed by atoms with Crippen molar-refractivity contribution >= 4 is 40.1 Å². The van der Waals surface area contributed by atoms with Gasteiger partial charge < -0.3 is 0 Å². The standard InChI is InChI=1S/C13H22N2O8S4/c1-11(14(24(2,16)17)25(3,18)19)13(12-9-7-6-8-10-12)15(26(4,20)21)27(5,22)23/h6-11,13H,1-5H3/t11-,13-/m0/s1. The Morgan fingerprint density at radius 1 is 0.630 bits per heavy atom. The van der Waals surface area contributed by atoms with Crippen LogP contribution in [0, 0.1) is 0 Å². The monoisotopic (exact) mass is 462 g/mol. The van der Waals surface area contributed by atoms with E-state index in [4.69, 9.17) is 0 Å². The molecule has 0 aromatic heterocycles. The second kappa shape index (κ2) is 7.75. The minimum absolute atomic E-state index is 0.109. The normalized spacial score (nSPS) is 16.4. The maximum atomic E-state index is 12.2. The molecule has 1 rings (SSSR count). The first-order valence-corrected chi connectivity index (χ1v) is 14.7. The highest BCUT2D eigenvalue weighted by Gasteiger charge is 2.45. The van der Waals surface area contributed by atoms with Crippen LogP contribution in [0.5, 0.6) is 0 Å². The van der Waals surface area contributed by atoms with E-state index in [0.29, 0.717) is 25.0 Å². The molecule has 0 fully saturated rings. The summed E-state index contributed by atoms with van der Waals surface area (Å²) >= 11 is 0. The van der Waals surface area contributed by atoms with Gasteiger partial charge in [-0.25, -0.2) is 33.7 Å². The van der Waals surface area contributed by atoms with E-state index in [1.54, 1.807) is 6.07 Å². The minimum Gasteiger partial charge on any atom is -0.212 e. The van der Waals surface area contributed by atoms with E-state index >= 15 is 0 Å². The van der Waals surface area contributed by atoms with E-state index in [1.165, 1.54) is 24.3 Å². The van der Waals surface area contributed by atoms with Crippen LogP contribution >= 0.6 is 0 Å². The quantitative estimate of drug-likeness (QED) is 0.506. The Morgan fingerprint density at radius 3 is 1.26 bits per heavy atom. The highest BCUT2D eigenvalue weighted by atomic mass is 32.3. The first kappa shape index (κ1) is 24.0. The number of hydrogen-bond donors (Lipinski definition) is 0. The molecule has 156 valence electrons. The Balaban J connectivity index is 3.90. The fraction of sp³-hybridized carbons (Fsp3) is 0.538. The molecular formula is C13H22N2O8S4. The van der Waals surface area contributed by atoms with Crippen molar-refractivity contribution in [1.82, 2.24) is 7.42 Å². The predicted molar refractivity (Wildman–Crippen MR) is 102 cm³/mol. The molecule has 14 heteroatoms. The zero-order valence-electron chi connectivity index (χ0n) is 15.3. The highest BCUT2D eigenvalue weighted by molar-refractivity contribution is 8.04. The molecule has 10 nitrogen and oxygen atoms in total. The summed E-state index contributed by atoms with van der Waals surface area (Å²) in [7, 11) is -17.6. The van der Waals surface area contributed by atoms with Crippen molar-refractivity contribution in [1.29, 1.82) is 0 Å². The third-order valence-corrected chi connectivity index (χ3v) is 10.4. The fourth-order valence-corrected chi connectivity index (χ4v) is 9.65. The summed E-state index contributed by atoms with van der Waals surface area (Å²) in [6, 6.07) is 4.11. The molecular weight excluding hydrogens is 440 g/mol. The smallest absolute Gasteiger partial charge is 0.212 e. The number of rotatable bonds is 8. The van der Waals surface area contributed by atoms with Crippen molar-refractivity contribution in [3.63, 3.8) is 0 Å². The Kier molecular flexibility index (Phi) is 6.88. The summed E-state index contributed by atoms with van der Waals surface area (Å²) in [5.74, 6) is 0. The lowest BCUT2D eigenvalue weighted by Gasteiger charge is -2.36. The summed E-state index contributed by atoms with van der Waals surface area (Å²) in [5, 5.41) is 0. The molecule has 1 aromatic rings. The van der Waals surface area contributed by atoms with Crippen molar-refractivity contribution in [2.45, 2.75) is 19.0 Å². The van der Waals surface area contributed by atoms with Gasteiger partial charge in [-0.3, -0.25) is 0 Å². The molecule has 0 aliphatic heterocycles. The average molecular weight is 463 g/mol. The van der Waals surface area contributed by atoms with Gasteiger partial charge in [0, 0.05) is 0 Å². The summed E-state index contributed by atoms with van der Waals surface area (Å²) in [6.45, 7) is 1.13. The van der Waals surface area contributed by atoms with Crippen molar-refractivity contribution in [2.75, 3.05) is 25.0 Å². The van der Waals surface area contributed by atoms with Gasteiger partial charge in [-0.2, -0.15) is 0 Å². The molecule has 27 heavy (non-hydrogen) atoms. The maximum absolute atomic E-state index is 12.2. The maximum Gasteiger partial charge on any atom is 0.224 e. The lowest BCUT2D eigenvalue weighted by Crippen LogP contribution is -2.51. The van der Waals surface area contributed by atoms with Gasteiger partial charge in [-0.1, -0.05) is 37.8 Å². The third kappa shape index (κ3) is 5.96. The van der Waals surface area contributed by atoms with Crippen LogP contribution in [-0.2, 0) is 40.1 Å². The molecule has 0 heterocycles. The van der Waals surface area contributed by atoms with Crippen LogP contribution in [0.15, 0.2) is 30.3 Å². The topological polar surface area (TPSA) is 143 Å². The van der Waals surface area contributed by atoms with E-state index in [2.05, 4.69) is 0 Å². The molecule has 0 amide bonds. The van der Waals surface area contributed by atoms with Gasteiger partial charge in [0.25, 0.3) is 0 Å². The van der Waals surface area contributed by atoms with Crippen molar-refractivity contribution < 1.29 is 33.7 Å². The molecule has 0 spiro atoms. The Morgan fingerprint density at radius 2 is 0.963 bits per heavy atom. The van der Waals surface area contributed by atoms with Gasteiger partial charge in [0.2, 0.25) is 40.1 Å². The summed E-state index contributed by atoms with van der Waals surface area (Å²) in [5.41, 5.74) is 0.109. The van der Waals surface area contributed by atoms with E-state index < -0.39 is 52.2 Å². The summed E-state index contributed by atoms with van der Waals surface area (Å²) in [6.07, 6.45) is 2.56. The molecule has 0 bridgehead atoms. The Bertz CT molecular complexity index is 1030. The molecule has 0 saturated carbocycles. The number of hydrogen-bond acceptors (Lipinski definition) is 8. The Hall–Kier alpha value is -1.06. The van der Waals surface area contributed by atoms with Gasteiger partial charge >= 0.3 is 0 Å². The molecule has 2 atom stereocenters. The van der Waals surface area contributed by atoms with Crippen LogP contribution in [0.4, 0.5) is 0 Å². The minimum atomic E-state index is -4.41. The largest absolute Gasteiger partial charge is 0.224 e. The fourth-order valence-electron chi connectivity index (χ4n) is 2.85. The molecule has 0 radical (unpaired) electrons. The lowest BCUT2D eigenvalue weighted by molar-refractivity contribution is 0.316. The number of sulfonamides is 4. The molecule has 0 saturated heterocycles. The highest BCUT2D eigenvalue weighted by Crippen LogP contribution is 2.33. The summed E-state index contributed by atoms with van der Waals surface area (Å²) in [4.78, 5) is 0. The second-order valence-corrected chi connectivity index (χ2v) is 14.0. The SMILES string of the molecule is C[C@@H]([C@@H](c1ccccc1)N(S(C)(=O)=O)S(C)(=O)=O)N(S(C)(=O)=O)S(C)(=O)=O. The predicted octanol–water partition coefficient (Wildman–Crippen LogP) is -0.441. The van der Waals surface area contributed by atoms with Crippen LogP contribution in [-0.4, -0.2) is 72.2 Å². The third-order valence-electron chi connectivity index (χ3n) is 3.47. The van der Waals surface area contributed by atoms with Gasteiger partial charge in [0.15, 0.2) is 0 Å². The van der Waals surface area contributed by atoms with Crippen LogP contribution < -0.4 is 0 Å². The molecule has 0 N–H and O–H groups in total. The van der Waals surface area contributed by atoms with Gasteiger partial charge in [0.1, 0.15) is 0 Å².